The number of likely N-dealkylation sites (tertiary alicyclic amines) is 1. The van der Waals surface area contributed by atoms with Gasteiger partial charge in [0.05, 0.1) is 18.8 Å². The van der Waals surface area contributed by atoms with Crippen molar-refractivity contribution in [1.82, 2.24) is 9.80 Å². The fraction of sp³-hybridized carbons (Fsp3) is 0.522. The number of hydrogen-bond donors (Lipinski definition) is 1. The van der Waals surface area contributed by atoms with E-state index in [1.54, 1.807) is 6.26 Å². The molecule has 0 bridgehead atoms. The van der Waals surface area contributed by atoms with Crippen LogP contribution in [0.4, 0.5) is 0 Å². The molecule has 0 saturated carbocycles. The summed E-state index contributed by atoms with van der Waals surface area (Å²) in [4.78, 5) is 16.2. The van der Waals surface area contributed by atoms with Crippen molar-refractivity contribution in [3.05, 3.63) is 54.0 Å². The van der Waals surface area contributed by atoms with Crippen LogP contribution in [0.25, 0.3) is 0 Å². The van der Waals surface area contributed by atoms with Crippen molar-refractivity contribution in [3.8, 4) is 5.75 Å². The molecule has 6 heteroatoms. The molecule has 1 saturated heterocycles. The van der Waals surface area contributed by atoms with Crippen LogP contribution in [-0.2, 0) is 17.8 Å². The average Bonchev–Trinajstić information content (AvgIpc) is 3.25. The van der Waals surface area contributed by atoms with Gasteiger partial charge in [-0.15, -0.1) is 0 Å². The molecule has 2 aromatic rings. The van der Waals surface area contributed by atoms with Crippen LogP contribution < -0.4 is 10.5 Å². The number of primary amides is 1. The summed E-state index contributed by atoms with van der Waals surface area (Å²) in [5, 5.41) is 0. The van der Waals surface area contributed by atoms with Gasteiger partial charge in [-0.1, -0.05) is 18.6 Å². The summed E-state index contributed by atoms with van der Waals surface area (Å²) in [6.07, 6.45) is 6.40. The number of benzene rings is 1. The van der Waals surface area contributed by atoms with Crippen LogP contribution in [0, 0.1) is 0 Å². The first-order chi connectivity index (χ1) is 14.1. The summed E-state index contributed by atoms with van der Waals surface area (Å²) in [6, 6.07) is 11.6. The molecule has 0 aliphatic carbocycles. The molecule has 6 nitrogen and oxygen atoms in total. The van der Waals surface area contributed by atoms with E-state index in [0.29, 0.717) is 19.7 Å². The van der Waals surface area contributed by atoms with Gasteiger partial charge in [0.15, 0.2) is 0 Å². The molecule has 1 atom stereocenters. The second kappa shape index (κ2) is 11.0. The fourth-order valence-electron chi connectivity index (χ4n) is 3.73. The Morgan fingerprint density at radius 3 is 2.79 bits per heavy atom. The third kappa shape index (κ3) is 6.91. The molecule has 3 rings (SSSR count). The van der Waals surface area contributed by atoms with Gasteiger partial charge in [0.25, 0.3) is 0 Å². The van der Waals surface area contributed by atoms with Crippen molar-refractivity contribution in [2.24, 2.45) is 5.73 Å². The van der Waals surface area contributed by atoms with E-state index in [2.05, 4.69) is 17.0 Å². The Hall–Kier alpha value is -2.31. The van der Waals surface area contributed by atoms with E-state index in [-0.39, 0.29) is 11.9 Å². The normalized spacial score (nSPS) is 16.1. The zero-order valence-electron chi connectivity index (χ0n) is 17.4. The molecule has 158 valence electrons. The van der Waals surface area contributed by atoms with Crippen LogP contribution in [0.2, 0.25) is 0 Å². The van der Waals surface area contributed by atoms with Crippen molar-refractivity contribution in [3.63, 3.8) is 0 Å². The fourth-order valence-corrected chi connectivity index (χ4v) is 3.73. The van der Waals surface area contributed by atoms with Gasteiger partial charge in [0.1, 0.15) is 18.1 Å². The minimum Gasteiger partial charge on any atom is -0.492 e. The highest BCUT2D eigenvalue weighted by Crippen LogP contribution is 2.16. The lowest BCUT2D eigenvalue weighted by Gasteiger charge is -2.26. The maximum Gasteiger partial charge on any atom is 0.234 e. The zero-order chi connectivity index (χ0) is 20.5. The Labute approximate surface area is 173 Å². The number of nitrogens with zero attached hydrogens (tertiary/aromatic N) is 2. The number of ether oxygens (including phenoxy) is 1. The number of carbonyl (C=O) groups excluding carboxylic acids is 1. The van der Waals surface area contributed by atoms with Crippen LogP contribution in [0.3, 0.4) is 0 Å². The van der Waals surface area contributed by atoms with Gasteiger partial charge in [-0.25, -0.2) is 0 Å². The number of hydrogen-bond acceptors (Lipinski definition) is 5. The predicted octanol–water partition coefficient (Wildman–Crippen LogP) is 3.06. The number of nitrogens with two attached hydrogens (primary N) is 1. The van der Waals surface area contributed by atoms with E-state index in [4.69, 9.17) is 14.9 Å². The van der Waals surface area contributed by atoms with E-state index in [1.165, 1.54) is 37.9 Å². The standard InChI is InChI=1S/C23H33N3O3/c1-19(23(24)27)26(18-22-9-6-15-28-22)13-10-20-7-5-8-21(17-20)29-16-14-25-11-3-2-4-12-25/h5-9,15,17,19H,2-4,10-14,16,18H2,1H3,(H2,24,27). The second-order valence-corrected chi connectivity index (χ2v) is 7.78. The largest absolute Gasteiger partial charge is 0.492 e. The van der Waals surface area contributed by atoms with Gasteiger partial charge < -0.3 is 14.9 Å². The molecule has 2 N–H and O–H groups in total. The van der Waals surface area contributed by atoms with Crippen LogP contribution in [-0.4, -0.2) is 54.5 Å². The van der Waals surface area contributed by atoms with Crippen LogP contribution in [0.15, 0.2) is 47.1 Å². The first-order valence-electron chi connectivity index (χ1n) is 10.6. The number of piperidine rings is 1. The van der Waals surface area contributed by atoms with Crippen molar-refractivity contribution < 1.29 is 13.9 Å². The molecule has 29 heavy (non-hydrogen) atoms. The number of carbonyl (C=O) groups is 1. The van der Waals surface area contributed by atoms with E-state index in [0.717, 1.165) is 24.5 Å². The van der Waals surface area contributed by atoms with Crippen molar-refractivity contribution in [1.29, 1.82) is 0 Å². The predicted molar refractivity (Wildman–Crippen MR) is 114 cm³/mol. The third-order valence-corrected chi connectivity index (χ3v) is 5.61. The Bertz CT molecular complexity index is 742. The SMILES string of the molecule is CC(C(N)=O)N(CCc1cccc(OCCN2CCCCC2)c1)Cc1ccco1. The van der Waals surface area contributed by atoms with Crippen LogP contribution in [0.5, 0.6) is 5.75 Å². The molecule has 1 aliphatic rings. The van der Waals surface area contributed by atoms with Crippen LogP contribution in [0.1, 0.15) is 37.5 Å². The lowest BCUT2D eigenvalue weighted by atomic mass is 10.1. The van der Waals surface area contributed by atoms with Crippen molar-refractivity contribution >= 4 is 5.91 Å². The van der Waals surface area contributed by atoms with Gasteiger partial charge in [-0.05, 0) is 69.1 Å². The first kappa shape index (κ1) is 21.4. The lowest BCUT2D eigenvalue weighted by molar-refractivity contribution is -0.122. The summed E-state index contributed by atoms with van der Waals surface area (Å²) in [5.74, 6) is 1.40. The van der Waals surface area contributed by atoms with E-state index < -0.39 is 0 Å². The topological polar surface area (TPSA) is 71.9 Å². The van der Waals surface area contributed by atoms with Gasteiger partial charge in [-0.3, -0.25) is 14.6 Å². The van der Waals surface area contributed by atoms with Gasteiger partial charge in [-0.2, -0.15) is 0 Å². The molecule has 1 aliphatic heterocycles. The molecular formula is C23H33N3O3. The second-order valence-electron chi connectivity index (χ2n) is 7.78. The maximum absolute atomic E-state index is 11.7. The quantitative estimate of drug-likeness (QED) is 0.629. The molecule has 1 aromatic heterocycles. The number of amides is 1. The molecule has 1 fully saturated rings. The summed E-state index contributed by atoms with van der Waals surface area (Å²) < 4.78 is 11.4. The Morgan fingerprint density at radius 1 is 1.24 bits per heavy atom. The minimum absolute atomic E-state index is 0.327. The zero-order valence-corrected chi connectivity index (χ0v) is 17.4. The Kier molecular flexibility index (Phi) is 8.14. The van der Waals surface area contributed by atoms with E-state index >= 15 is 0 Å². The van der Waals surface area contributed by atoms with E-state index in [1.807, 2.05) is 36.1 Å². The van der Waals surface area contributed by atoms with Crippen molar-refractivity contribution in [2.75, 3.05) is 32.8 Å². The molecule has 0 radical (unpaired) electrons. The molecular weight excluding hydrogens is 366 g/mol. The molecule has 1 amide bonds. The Morgan fingerprint density at radius 2 is 2.07 bits per heavy atom. The maximum atomic E-state index is 11.7. The number of rotatable bonds is 11. The van der Waals surface area contributed by atoms with Gasteiger partial charge in [0.2, 0.25) is 5.91 Å². The highest BCUT2D eigenvalue weighted by molar-refractivity contribution is 5.79. The van der Waals surface area contributed by atoms with Crippen molar-refractivity contribution in [2.45, 2.75) is 45.2 Å². The van der Waals surface area contributed by atoms with Crippen LogP contribution >= 0.6 is 0 Å². The summed E-state index contributed by atoms with van der Waals surface area (Å²) >= 11 is 0. The Balaban J connectivity index is 1.51. The molecule has 2 heterocycles. The monoisotopic (exact) mass is 399 g/mol. The van der Waals surface area contributed by atoms with Gasteiger partial charge >= 0.3 is 0 Å². The summed E-state index contributed by atoms with van der Waals surface area (Å²) in [7, 11) is 0. The molecule has 1 aromatic carbocycles. The van der Waals surface area contributed by atoms with Gasteiger partial charge in [0, 0.05) is 13.1 Å². The summed E-state index contributed by atoms with van der Waals surface area (Å²) in [5.41, 5.74) is 6.72. The highest BCUT2D eigenvalue weighted by Gasteiger charge is 2.20. The highest BCUT2D eigenvalue weighted by atomic mass is 16.5. The average molecular weight is 400 g/mol. The third-order valence-electron chi connectivity index (χ3n) is 5.61. The number of furan rings is 1. The van der Waals surface area contributed by atoms with E-state index in [9.17, 15) is 4.79 Å². The summed E-state index contributed by atoms with van der Waals surface area (Å²) in [6.45, 7) is 7.18. The lowest BCUT2D eigenvalue weighted by Crippen LogP contribution is -2.43. The smallest absolute Gasteiger partial charge is 0.234 e. The minimum atomic E-state index is -0.357. The molecule has 1 unspecified atom stereocenters. The molecule has 0 spiro atoms. The first-order valence-corrected chi connectivity index (χ1v) is 10.6.